The summed E-state index contributed by atoms with van der Waals surface area (Å²) in [4.78, 5) is 28.0. The topological polar surface area (TPSA) is 58.6 Å². The molecule has 0 aliphatic carbocycles. The van der Waals surface area contributed by atoms with Gasteiger partial charge in [-0.25, -0.2) is 0 Å². The highest BCUT2D eigenvalue weighted by atomic mass is 79.9. The molecule has 2 rings (SSSR count). The first-order valence-corrected chi connectivity index (χ1v) is 12.8. The number of hydrogen-bond acceptors (Lipinski definition) is 3. The maximum atomic E-state index is 13.4. The van der Waals surface area contributed by atoms with Gasteiger partial charge in [0.2, 0.25) is 5.91 Å². The van der Waals surface area contributed by atoms with Crippen molar-refractivity contribution < 1.29 is 14.3 Å². The summed E-state index contributed by atoms with van der Waals surface area (Å²) in [5.41, 5.74) is 3.31. The van der Waals surface area contributed by atoms with Crippen molar-refractivity contribution in [2.45, 2.75) is 72.9 Å². The Morgan fingerprint density at radius 3 is 2.26 bits per heavy atom. The first-order valence-electron chi connectivity index (χ1n) is 12.0. The molecule has 0 aliphatic rings. The average Bonchev–Trinajstić information content (AvgIpc) is 2.77. The summed E-state index contributed by atoms with van der Waals surface area (Å²) in [6.07, 6.45) is 0.519. The van der Waals surface area contributed by atoms with Gasteiger partial charge in [0.1, 0.15) is 11.8 Å². The number of hydrogen-bond donors (Lipinski definition) is 1. The monoisotopic (exact) mass is 530 g/mol. The fraction of sp³-hybridized carbons (Fsp3) is 0.500. The van der Waals surface area contributed by atoms with Crippen LogP contribution in [-0.2, 0) is 21.5 Å². The molecule has 1 atom stereocenters. The summed E-state index contributed by atoms with van der Waals surface area (Å²) in [7, 11) is 0. The van der Waals surface area contributed by atoms with Crippen LogP contribution in [0.5, 0.6) is 5.75 Å². The highest BCUT2D eigenvalue weighted by Gasteiger charge is 2.29. The van der Waals surface area contributed by atoms with E-state index in [4.69, 9.17) is 4.74 Å². The van der Waals surface area contributed by atoms with Crippen LogP contribution in [0.3, 0.4) is 0 Å². The lowest BCUT2D eigenvalue weighted by Gasteiger charge is -2.31. The van der Waals surface area contributed by atoms with Crippen molar-refractivity contribution in [1.82, 2.24) is 10.2 Å². The van der Waals surface area contributed by atoms with Gasteiger partial charge in [-0.15, -0.1) is 0 Å². The number of halogens is 1. The van der Waals surface area contributed by atoms with Gasteiger partial charge in [-0.05, 0) is 63.9 Å². The summed E-state index contributed by atoms with van der Waals surface area (Å²) in [6, 6.07) is 13.4. The Balaban J connectivity index is 2.22. The zero-order chi connectivity index (χ0) is 25.5. The van der Waals surface area contributed by atoms with Crippen LogP contribution >= 0.6 is 15.9 Å². The van der Waals surface area contributed by atoms with Gasteiger partial charge in [-0.2, -0.15) is 0 Å². The predicted molar refractivity (Wildman–Crippen MR) is 142 cm³/mol. The SMILES string of the molecule is CC[C@@H](C(=O)NCC(C)C)N(Cc1ccc(C)cc1)C(=O)COc1ccc(C(C)(C)C)cc1Br. The van der Waals surface area contributed by atoms with Gasteiger partial charge in [-0.1, -0.05) is 77.4 Å². The predicted octanol–water partition coefficient (Wildman–Crippen LogP) is 6.01. The second kappa shape index (κ2) is 12.4. The second-order valence-electron chi connectivity index (χ2n) is 10.3. The molecule has 5 nitrogen and oxygen atoms in total. The van der Waals surface area contributed by atoms with Gasteiger partial charge in [0.15, 0.2) is 6.61 Å². The Kier molecular flexibility index (Phi) is 10.2. The van der Waals surface area contributed by atoms with Gasteiger partial charge in [0, 0.05) is 13.1 Å². The molecule has 2 aromatic rings. The molecule has 0 aromatic heterocycles. The van der Waals surface area contributed by atoms with Crippen LogP contribution in [0, 0.1) is 12.8 Å². The summed E-state index contributed by atoms with van der Waals surface area (Å²) in [5.74, 6) is 0.583. The number of rotatable bonds is 10. The molecule has 0 radical (unpaired) electrons. The number of carbonyl (C=O) groups excluding carboxylic acids is 2. The molecule has 2 aromatic carbocycles. The molecule has 34 heavy (non-hydrogen) atoms. The highest BCUT2D eigenvalue weighted by molar-refractivity contribution is 9.10. The standard InChI is InChI=1S/C28H39BrN2O3/c1-8-24(27(33)30-16-19(2)3)31(17-21-11-9-20(4)10-12-21)26(32)18-34-25-14-13-22(15-23(25)29)28(5,6)7/h9-15,19,24H,8,16-18H2,1-7H3,(H,30,33)/t24-/m0/s1. The summed E-state index contributed by atoms with van der Waals surface area (Å²) in [5, 5.41) is 2.99. The Labute approximate surface area is 213 Å². The van der Waals surface area contributed by atoms with Crippen molar-refractivity contribution in [2.75, 3.05) is 13.2 Å². The van der Waals surface area contributed by atoms with Crippen molar-refractivity contribution >= 4 is 27.7 Å². The minimum Gasteiger partial charge on any atom is -0.483 e. The number of nitrogens with zero attached hydrogens (tertiary/aromatic N) is 1. The lowest BCUT2D eigenvalue weighted by molar-refractivity contribution is -0.143. The van der Waals surface area contributed by atoms with E-state index in [0.29, 0.717) is 31.2 Å². The van der Waals surface area contributed by atoms with Crippen molar-refractivity contribution in [3.8, 4) is 5.75 Å². The number of benzene rings is 2. The lowest BCUT2D eigenvalue weighted by atomic mass is 9.87. The van der Waals surface area contributed by atoms with Crippen LogP contribution < -0.4 is 10.1 Å². The number of amides is 2. The van der Waals surface area contributed by atoms with Crippen LogP contribution in [0.25, 0.3) is 0 Å². The number of carbonyl (C=O) groups is 2. The molecular formula is C28H39BrN2O3. The Morgan fingerprint density at radius 1 is 1.09 bits per heavy atom. The summed E-state index contributed by atoms with van der Waals surface area (Å²) < 4.78 is 6.71. The number of nitrogens with one attached hydrogen (secondary N) is 1. The quantitative estimate of drug-likeness (QED) is 0.408. The number of ether oxygens (including phenoxy) is 1. The molecule has 0 aliphatic heterocycles. The van der Waals surface area contributed by atoms with Gasteiger partial charge < -0.3 is 15.0 Å². The van der Waals surface area contributed by atoms with E-state index in [0.717, 1.165) is 15.6 Å². The average molecular weight is 532 g/mol. The van der Waals surface area contributed by atoms with E-state index in [2.05, 4.69) is 42.0 Å². The largest absolute Gasteiger partial charge is 0.483 e. The van der Waals surface area contributed by atoms with Crippen LogP contribution in [0.1, 0.15) is 64.7 Å². The van der Waals surface area contributed by atoms with E-state index >= 15 is 0 Å². The van der Waals surface area contributed by atoms with Crippen LogP contribution in [0.4, 0.5) is 0 Å². The highest BCUT2D eigenvalue weighted by Crippen LogP contribution is 2.31. The van der Waals surface area contributed by atoms with E-state index in [1.165, 1.54) is 5.56 Å². The third-order valence-electron chi connectivity index (χ3n) is 5.69. The molecule has 0 heterocycles. The third kappa shape index (κ3) is 8.15. The fourth-order valence-electron chi connectivity index (χ4n) is 3.54. The molecule has 0 bridgehead atoms. The number of aryl methyl sites for hydroxylation is 1. The lowest BCUT2D eigenvalue weighted by Crippen LogP contribution is -2.50. The van der Waals surface area contributed by atoms with Crippen molar-refractivity contribution in [3.05, 3.63) is 63.6 Å². The normalized spacial score (nSPS) is 12.4. The smallest absolute Gasteiger partial charge is 0.261 e. The van der Waals surface area contributed by atoms with Crippen molar-refractivity contribution in [1.29, 1.82) is 0 Å². The second-order valence-corrected chi connectivity index (χ2v) is 11.1. The molecule has 0 saturated carbocycles. The minimum atomic E-state index is -0.567. The van der Waals surface area contributed by atoms with E-state index in [1.807, 2.05) is 70.2 Å². The first kappa shape index (κ1) is 27.9. The van der Waals surface area contributed by atoms with E-state index in [9.17, 15) is 9.59 Å². The molecular weight excluding hydrogens is 492 g/mol. The van der Waals surface area contributed by atoms with E-state index in [1.54, 1.807) is 4.90 Å². The third-order valence-corrected chi connectivity index (χ3v) is 6.31. The van der Waals surface area contributed by atoms with E-state index < -0.39 is 6.04 Å². The molecule has 0 fully saturated rings. The maximum absolute atomic E-state index is 13.4. The molecule has 2 amide bonds. The molecule has 186 valence electrons. The molecule has 1 N–H and O–H groups in total. The van der Waals surface area contributed by atoms with Crippen molar-refractivity contribution in [2.24, 2.45) is 5.92 Å². The minimum absolute atomic E-state index is 0.0133. The van der Waals surface area contributed by atoms with Gasteiger partial charge in [0.05, 0.1) is 4.47 Å². The van der Waals surface area contributed by atoms with Crippen LogP contribution in [-0.4, -0.2) is 35.9 Å². The Morgan fingerprint density at radius 2 is 1.74 bits per heavy atom. The molecule has 6 heteroatoms. The van der Waals surface area contributed by atoms with Gasteiger partial charge in [0.25, 0.3) is 5.91 Å². The molecule has 0 unspecified atom stereocenters. The van der Waals surface area contributed by atoms with Crippen molar-refractivity contribution in [3.63, 3.8) is 0 Å². The van der Waals surface area contributed by atoms with E-state index in [-0.39, 0.29) is 23.8 Å². The maximum Gasteiger partial charge on any atom is 0.261 e. The van der Waals surface area contributed by atoms with Crippen LogP contribution in [0.15, 0.2) is 46.9 Å². The van der Waals surface area contributed by atoms with Gasteiger partial charge >= 0.3 is 0 Å². The summed E-state index contributed by atoms with van der Waals surface area (Å²) >= 11 is 3.57. The Bertz CT molecular complexity index is 965. The zero-order valence-corrected chi connectivity index (χ0v) is 23.2. The fourth-order valence-corrected chi connectivity index (χ4v) is 4.03. The molecule has 0 spiro atoms. The Hall–Kier alpha value is -2.34. The zero-order valence-electron chi connectivity index (χ0n) is 21.6. The first-order chi connectivity index (χ1) is 15.9. The summed E-state index contributed by atoms with van der Waals surface area (Å²) in [6.45, 7) is 15.3. The van der Waals surface area contributed by atoms with Crippen LogP contribution in [0.2, 0.25) is 0 Å². The van der Waals surface area contributed by atoms with Gasteiger partial charge in [-0.3, -0.25) is 9.59 Å². The molecule has 0 saturated heterocycles.